The predicted molar refractivity (Wildman–Crippen MR) is 82.1 cm³/mol. The molecule has 0 saturated carbocycles. The summed E-state index contributed by atoms with van der Waals surface area (Å²) in [5, 5.41) is 17.3. The molecule has 1 aliphatic rings. The Hall–Kier alpha value is -2.21. The van der Waals surface area contributed by atoms with Gasteiger partial charge >= 0.3 is 5.97 Å². The molecule has 22 heavy (non-hydrogen) atoms. The molecular formula is C16H20N4O2. The first-order valence-electron chi connectivity index (χ1n) is 7.56. The van der Waals surface area contributed by atoms with Crippen LogP contribution in [0.5, 0.6) is 0 Å². The predicted octanol–water partition coefficient (Wildman–Crippen LogP) is 1.80. The number of carboxylic acids is 1. The van der Waals surface area contributed by atoms with Gasteiger partial charge in [0.2, 0.25) is 0 Å². The lowest BCUT2D eigenvalue weighted by atomic mass is 10.0. The minimum absolute atomic E-state index is 0.297. The summed E-state index contributed by atoms with van der Waals surface area (Å²) < 4.78 is 2.04. The third kappa shape index (κ3) is 3.01. The molecule has 0 unspecified atom stereocenters. The molecule has 0 amide bonds. The van der Waals surface area contributed by atoms with Crippen LogP contribution in [-0.2, 0) is 6.42 Å². The van der Waals surface area contributed by atoms with Crippen LogP contribution in [0.25, 0.3) is 0 Å². The fourth-order valence-corrected chi connectivity index (χ4v) is 2.91. The van der Waals surface area contributed by atoms with Crippen molar-refractivity contribution in [2.45, 2.75) is 32.2 Å². The molecule has 6 nitrogen and oxygen atoms in total. The zero-order valence-electron chi connectivity index (χ0n) is 12.6. The van der Waals surface area contributed by atoms with Crippen molar-refractivity contribution in [2.75, 3.05) is 13.1 Å². The highest BCUT2D eigenvalue weighted by Gasteiger charge is 2.18. The molecule has 2 aromatic heterocycles. The molecule has 1 aliphatic heterocycles. The molecule has 2 N–H and O–H groups in total. The Morgan fingerprint density at radius 2 is 2.23 bits per heavy atom. The second-order valence-corrected chi connectivity index (χ2v) is 5.73. The summed E-state index contributed by atoms with van der Waals surface area (Å²) in [5.74, 6) is -0.923. The molecule has 3 heterocycles. The highest BCUT2D eigenvalue weighted by Crippen LogP contribution is 2.21. The van der Waals surface area contributed by atoms with Gasteiger partial charge in [-0.3, -0.25) is 9.67 Å². The Kier molecular flexibility index (Phi) is 4.20. The number of piperidine rings is 1. The minimum Gasteiger partial charge on any atom is -0.478 e. The quantitative estimate of drug-likeness (QED) is 0.900. The van der Waals surface area contributed by atoms with Crippen molar-refractivity contribution in [1.82, 2.24) is 20.1 Å². The van der Waals surface area contributed by atoms with E-state index in [1.54, 1.807) is 6.20 Å². The SMILES string of the molecule is Cc1cn(C2CCNCC2)nc1Cc1cnccc1C(=O)O. The van der Waals surface area contributed by atoms with Crippen LogP contribution in [0, 0.1) is 6.92 Å². The van der Waals surface area contributed by atoms with Gasteiger partial charge in [-0.25, -0.2) is 4.79 Å². The average Bonchev–Trinajstić information content (AvgIpc) is 2.90. The van der Waals surface area contributed by atoms with Gasteiger partial charge in [0.05, 0.1) is 17.3 Å². The largest absolute Gasteiger partial charge is 0.478 e. The van der Waals surface area contributed by atoms with E-state index in [0.717, 1.165) is 37.2 Å². The number of nitrogens with zero attached hydrogens (tertiary/aromatic N) is 3. The van der Waals surface area contributed by atoms with Crippen molar-refractivity contribution in [3.05, 3.63) is 47.0 Å². The number of pyridine rings is 1. The van der Waals surface area contributed by atoms with Crippen molar-refractivity contribution in [1.29, 1.82) is 0 Å². The third-order valence-electron chi connectivity index (χ3n) is 4.19. The number of hydrogen-bond acceptors (Lipinski definition) is 4. The molecular weight excluding hydrogens is 280 g/mol. The zero-order valence-corrected chi connectivity index (χ0v) is 12.6. The third-order valence-corrected chi connectivity index (χ3v) is 4.19. The Morgan fingerprint density at radius 3 is 2.95 bits per heavy atom. The van der Waals surface area contributed by atoms with E-state index in [1.807, 2.05) is 11.6 Å². The van der Waals surface area contributed by atoms with Crippen LogP contribution in [-0.4, -0.2) is 38.9 Å². The monoisotopic (exact) mass is 300 g/mol. The van der Waals surface area contributed by atoms with Crippen LogP contribution >= 0.6 is 0 Å². The first-order chi connectivity index (χ1) is 10.6. The normalized spacial score (nSPS) is 15.9. The lowest BCUT2D eigenvalue weighted by Crippen LogP contribution is -2.29. The van der Waals surface area contributed by atoms with Gasteiger partial charge in [0, 0.05) is 25.0 Å². The van der Waals surface area contributed by atoms with Gasteiger partial charge in [-0.1, -0.05) is 0 Å². The first-order valence-corrected chi connectivity index (χ1v) is 7.56. The summed E-state index contributed by atoms with van der Waals surface area (Å²) in [6, 6.07) is 1.97. The topological polar surface area (TPSA) is 80.0 Å². The summed E-state index contributed by atoms with van der Waals surface area (Å²) in [5.41, 5.74) is 3.02. The molecule has 0 atom stereocenters. The number of carbonyl (C=O) groups is 1. The Bertz CT molecular complexity index is 675. The van der Waals surface area contributed by atoms with Crippen LogP contribution in [0.1, 0.15) is 46.1 Å². The van der Waals surface area contributed by atoms with E-state index in [4.69, 9.17) is 5.10 Å². The number of rotatable bonds is 4. The second-order valence-electron chi connectivity index (χ2n) is 5.73. The van der Waals surface area contributed by atoms with Crippen molar-refractivity contribution in [2.24, 2.45) is 0 Å². The van der Waals surface area contributed by atoms with Crippen molar-refractivity contribution >= 4 is 5.97 Å². The van der Waals surface area contributed by atoms with E-state index < -0.39 is 5.97 Å². The highest BCUT2D eigenvalue weighted by atomic mass is 16.4. The zero-order chi connectivity index (χ0) is 15.5. The molecule has 116 valence electrons. The molecule has 3 rings (SSSR count). The van der Waals surface area contributed by atoms with E-state index in [0.29, 0.717) is 23.6 Å². The molecule has 0 bridgehead atoms. The maximum absolute atomic E-state index is 11.3. The minimum atomic E-state index is -0.923. The van der Waals surface area contributed by atoms with Gasteiger partial charge < -0.3 is 10.4 Å². The standard InChI is InChI=1S/C16H20N4O2/c1-11-10-20(13-2-5-17-6-3-13)19-15(11)8-12-9-18-7-4-14(12)16(21)22/h4,7,9-10,13,17H,2-3,5-6,8H2,1H3,(H,21,22). The average molecular weight is 300 g/mol. The summed E-state index contributed by atoms with van der Waals surface area (Å²) in [6.07, 6.45) is 7.85. The van der Waals surface area contributed by atoms with Crippen LogP contribution in [0.4, 0.5) is 0 Å². The lowest BCUT2D eigenvalue weighted by Gasteiger charge is -2.22. The van der Waals surface area contributed by atoms with E-state index >= 15 is 0 Å². The molecule has 6 heteroatoms. The van der Waals surface area contributed by atoms with Gasteiger partial charge in [-0.15, -0.1) is 0 Å². The van der Waals surface area contributed by atoms with Gasteiger partial charge in [-0.2, -0.15) is 5.10 Å². The van der Waals surface area contributed by atoms with Crippen LogP contribution in [0.2, 0.25) is 0 Å². The number of aryl methyl sites for hydroxylation is 1. The highest BCUT2D eigenvalue weighted by molar-refractivity contribution is 5.89. The number of aromatic nitrogens is 3. The lowest BCUT2D eigenvalue weighted by molar-refractivity contribution is 0.0695. The maximum atomic E-state index is 11.3. The van der Waals surface area contributed by atoms with Gasteiger partial charge in [-0.05, 0) is 50.0 Å². The Balaban J connectivity index is 1.84. The van der Waals surface area contributed by atoms with E-state index in [9.17, 15) is 9.90 Å². The van der Waals surface area contributed by atoms with Crippen LogP contribution < -0.4 is 5.32 Å². The maximum Gasteiger partial charge on any atom is 0.336 e. The van der Waals surface area contributed by atoms with E-state index in [1.165, 1.54) is 12.3 Å². The number of aromatic carboxylic acids is 1. The Morgan fingerprint density at radius 1 is 1.45 bits per heavy atom. The number of nitrogens with one attached hydrogen (secondary N) is 1. The summed E-state index contributed by atoms with van der Waals surface area (Å²) in [4.78, 5) is 15.3. The molecule has 0 aromatic carbocycles. The molecule has 1 saturated heterocycles. The molecule has 2 aromatic rings. The second kappa shape index (κ2) is 6.27. The van der Waals surface area contributed by atoms with Gasteiger partial charge in [0.15, 0.2) is 0 Å². The summed E-state index contributed by atoms with van der Waals surface area (Å²) >= 11 is 0. The summed E-state index contributed by atoms with van der Waals surface area (Å²) in [6.45, 7) is 4.06. The fraction of sp³-hybridized carbons (Fsp3) is 0.438. The fourth-order valence-electron chi connectivity index (χ4n) is 2.91. The Labute approximate surface area is 129 Å². The van der Waals surface area contributed by atoms with Gasteiger partial charge in [0.1, 0.15) is 0 Å². The number of hydrogen-bond donors (Lipinski definition) is 2. The summed E-state index contributed by atoms with van der Waals surface area (Å²) in [7, 11) is 0. The molecule has 0 spiro atoms. The molecule has 0 aliphatic carbocycles. The van der Waals surface area contributed by atoms with E-state index in [-0.39, 0.29) is 0 Å². The first kappa shape index (κ1) is 14.7. The van der Waals surface area contributed by atoms with Crippen molar-refractivity contribution in [3.8, 4) is 0 Å². The van der Waals surface area contributed by atoms with Crippen molar-refractivity contribution in [3.63, 3.8) is 0 Å². The molecule has 1 fully saturated rings. The van der Waals surface area contributed by atoms with Crippen LogP contribution in [0.3, 0.4) is 0 Å². The smallest absolute Gasteiger partial charge is 0.336 e. The van der Waals surface area contributed by atoms with Crippen LogP contribution in [0.15, 0.2) is 24.7 Å². The van der Waals surface area contributed by atoms with E-state index in [2.05, 4.69) is 16.5 Å². The van der Waals surface area contributed by atoms with Crippen molar-refractivity contribution < 1.29 is 9.90 Å². The van der Waals surface area contributed by atoms with Gasteiger partial charge in [0.25, 0.3) is 0 Å². The number of carboxylic acid groups (broad SMARTS) is 1. The molecule has 0 radical (unpaired) electrons.